The van der Waals surface area contributed by atoms with Crippen LogP contribution in [0.25, 0.3) is 0 Å². The van der Waals surface area contributed by atoms with Gasteiger partial charge in [-0.15, -0.1) is 0 Å². The topological polar surface area (TPSA) is 52.3 Å². The fraction of sp³-hybridized carbons (Fsp3) is 0.333. The number of halogens is 2. The maximum absolute atomic E-state index is 11.1. The molecule has 4 nitrogen and oxygen atoms in total. The van der Waals surface area contributed by atoms with Crippen molar-refractivity contribution in [3.63, 3.8) is 0 Å². The number of carbonyl (C=O) groups is 1. The van der Waals surface area contributed by atoms with Crippen molar-refractivity contribution in [2.24, 2.45) is 0 Å². The van der Waals surface area contributed by atoms with Crippen molar-refractivity contribution in [1.82, 2.24) is 4.98 Å². The molecule has 0 unspecified atom stereocenters. The fourth-order valence-corrected chi connectivity index (χ4v) is 2.07. The first-order valence-electron chi connectivity index (χ1n) is 3.14. The van der Waals surface area contributed by atoms with Crippen LogP contribution in [0.4, 0.5) is 0 Å². The van der Waals surface area contributed by atoms with Gasteiger partial charge >= 0.3 is 5.97 Å². The standard InChI is InChI=1S/C6H5I2NO3/c1-2-11-5(10)3-4(7)9-6(8)12-3/h2H2,1H3. The molecule has 0 saturated carbocycles. The molecule has 0 amide bonds. The highest BCUT2D eigenvalue weighted by molar-refractivity contribution is 14.1. The fourth-order valence-electron chi connectivity index (χ4n) is 0.600. The van der Waals surface area contributed by atoms with Gasteiger partial charge in [0.25, 0.3) is 3.90 Å². The molecule has 0 aliphatic heterocycles. The molecule has 12 heavy (non-hydrogen) atoms. The Bertz CT molecular complexity index is 297. The van der Waals surface area contributed by atoms with E-state index < -0.39 is 5.97 Å². The molecule has 0 atom stereocenters. The summed E-state index contributed by atoms with van der Waals surface area (Å²) >= 11 is 3.82. The van der Waals surface area contributed by atoms with Gasteiger partial charge in [0.1, 0.15) is 0 Å². The molecule has 0 aliphatic carbocycles. The number of esters is 1. The highest BCUT2D eigenvalue weighted by Crippen LogP contribution is 2.15. The summed E-state index contributed by atoms with van der Waals surface area (Å²) in [7, 11) is 0. The zero-order valence-corrected chi connectivity index (χ0v) is 10.4. The SMILES string of the molecule is CCOC(=O)c1oc(I)nc1I. The molecule has 0 aromatic carbocycles. The van der Waals surface area contributed by atoms with Crippen LogP contribution < -0.4 is 0 Å². The van der Waals surface area contributed by atoms with Gasteiger partial charge in [0.2, 0.25) is 5.76 Å². The summed E-state index contributed by atoms with van der Waals surface area (Å²) < 4.78 is 10.7. The molecule has 1 heterocycles. The van der Waals surface area contributed by atoms with Crippen LogP contribution >= 0.6 is 45.2 Å². The van der Waals surface area contributed by atoms with Gasteiger partial charge in [0.05, 0.1) is 6.61 Å². The van der Waals surface area contributed by atoms with E-state index in [1.54, 1.807) is 6.92 Å². The Hall–Kier alpha value is 0.140. The minimum Gasteiger partial charge on any atom is -0.460 e. The zero-order chi connectivity index (χ0) is 9.14. The van der Waals surface area contributed by atoms with Gasteiger partial charge in [-0.25, -0.2) is 4.79 Å². The third-order valence-corrected chi connectivity index (χ3v) is 2.21. The lowest BCUT2D eigenvalue weighted by Gasteiger charge is -1.95. The molecule has 0 bridgehead atoms. The van der Waals surface area contributed by atoms with E-state index in [4.69, 9.17) is 9.15 Å². The maximum atomic E-state index is 11.1. The van der Waals surface area contributed by atoms with E-state index in [1.807, 2.05) is 45.2 Å². The van der Waals surface area contributed by atoms with Gasteiger partial charge in [0.15, 0.2) is 3.70 Å². The van der Waals surface area contributed by atoms with E-state index in [-0.39, 0.29) is 5.76 Å². The van der Waals surface area contributed by atoms with Crippen LogP contribution in [0, 0.1) is 7.60 Å². The highest BCUT2D eigenvalue weighted by atomic mass is 127. The molecular weight excluding hydrogens is 388 g/mol. The Kier molecular flexibility index (Phi) is 3.75. The number of nitrogens with zero attached hydrogens (tertiary/aromatic N) is 1. The number of carbonyl (C=O) groups excluding carboxylic acids is 1. The Morgan fingerprint density at radius 2 is 2.33 bits per heavy atom. The summed E-state index contributed by atoms with van der Waals surface area (Å²) in [5, 5.41) is 0. The van der Waals surface area contributed by atoms with Crippen LogP contribution in [-0.4, -0.2) is 17.6 Å². The third kappa shape index (κ3) is 2.31. The minimum absolute atomic E-state index is 0.182. The van der Waals surface area contributed by atoms with Crippen molar-refractivity contribution in [1.29, 1.82) is 0 Å². The first-order chi connectivity index (χ1) is 5.65. The van der Waals surface area contributed by atoms with Gasteiger partial charge < -0.3 is 9.15 Å². The molecule has 6 heteroatoms. The second-order valence-electron chi connectivity index (χ2n) is 1.81. The molecule has 1 rings (SSSR count). The van der Waals surface area contributed by atoms with Gasteiger partial charge in [-0.2, -0.15) is 4.98 Å². The molecule has 0 radical (unpaired) electrons. The Morgan fingerprint density at radius 3 is 2.75 bits per heavy atom. The molecule has 1 aromatic rings. The highest BCUT2D eigenvalue weighted by Gasteiger charge is 2.18. The molecular formula is C6H5I2NO3. The summed E-state index contributed by atoms with van der Waals surface area (Å²) in [5.41, 5.74) is 0. The van der Waals surface area contributed by atoms with Crippen LogP contribution in [-0.2, 0) is 4.74 Å². The summed E-state index contributed by atoms with van der Waals surface area (Å²) in [5.74, 6) is -0.279. The maximum Gasteiger partial charge on any atom is 0.377 e. The average molecular weight is 393 g/mol. The van der Waals surface area contributed by atoms with Gasteiger partial charge in [-0.1, -0.05) is 0 Å². The summed E-state index contributed by atoms with van der Waals surface area (Å²) in [6.45, 7) is 2.08. The summed E-state index contributed by atoms with van der Waals surface area (Å²) in [4.78, 5) is 15.0. The third-order valence-electron chi connectivity index (χ3n) is 1.02. The van der Waals surface area contributed by atoms with Gasteiger partial charge in [0, 0.05) is 22.6 Å². The first-order valence-corrected chi connectivity index (χ1v) is 5.29. The van der Waals surface area contributed by atoms with Crippen LogP contribution in [0.1, 0.15) is 17.5 Å². The van der Waals surface area contributed by atoms with E-state index in [9.17, 15) is 4.79 Å². The number of ether oxygens (including phenoxy) is 1. The molecule has 1 aromatic heterocycles. The van der Waals surface area contributed by atoms with E-state index in [1.165, 1.54) is 0 Å². The smallest absolute Gasteiger partial charge is 0.377 e. The van der Waals surface area contributed by atoms with Crippen molar-refractivity contribution in [3.05, 3.63) is 13.4 Å². The van der Waals surface area contributed by atoms with Crippen LogP contribution in [0.2, 0.25) is 0 Å². The largest absolute Gasteiger partial charge is 0.460 e. The lowest BCUT2D eigenvalue weighted by Crippen LogP contribution is -2.04. The number of oxazole rings is 1. The summed E-state index contributed by atoms with van der Waals surface area (Å²) in [6.07, 6.45) is 0. The van der Waals surface area contributed by atoms with Crippen molar-refractivity contribution in [2.75, 3.05) is 6.61 Å². The van der Waals surface area contributed by atoms with E-state index >= 15 is 0 Å². The average Bonchev–Trinajstić information content (AvgIpc) is 2.30. The molecule has 0 N–H and O–H groups in total. The first kappa shape index (κ1) is 10.2. The van der Waals surface area contributed by atoms with E-state index in [0.717, 1.165) is 0 Å². The van der Waals surface area contributed by atoms with Crippen molar-refractivity contribution >= 4 is 51.2 Å². The van der Waals surface area contributed by atoms with Gasteiger partial charge in [-0.3, -0.25) is 0 Å². The van der Waals surface area contributed by atoms with Crippen LogP contribution in [0.15, 0.2) is 4.42 Å². The number of hydrogen-bond acceptors (Lipinski definition) is 4. The molecule has 0 saturated heterocycles. The Balaban J connectivity index is 2.87. The Morgan fingerprint density at radius 1 is 1.67 bits per heavy atom. The number of rotatable bonds is 2. The zero-order valence-electron chi connectivity index (χ0n) is 6.13. The quantitative estimate of drug-likeness (QED) is 0.571. The van der Waals surface area contributed by atoms with E-state index in [0.29, 0.717) is 14.2 Å². The lowest BCUT2D eigenvalue weighted by molar-refractivity contribution is 0.0486. The number of aromatic nitrogens is 1. The predicted octanol–water partition coefficient (Wildman–Crippen LogP) is 2.06. The van der Waals surface area contributed by atoms with Crippen molar-refractivity contribution in [2.45, 2.75) is 6.92 Å². The minimum atomic E-state index is -0.461. The van der Waals surface area contributed by atoms with Gasteiger partial charge in [-0.05, 0) is 29.5 Å². The normalized spacial score (nSPS) is 9.92. The Labute approximate surface area is 96.3 Å². The summed E-state index contributed by atoms with van der Waals surface area (Å²) in [6, 6.07) is 0. The molecule has 0 aliphatic rings. The van der Waals surface area contributed by atoms with E-state index in [2.05, 4.69) is 4.98 Å². The molecule has 66 valence electrons. The lowest BCUT2D eigenvalue weighted by atomic mass is 10.5. The molecule has 0 fully saturated rings. The molecule has 0 spiro atoms. The predicted molar refractivity (Wildman–Crippen MR) is 57.9 cm³/mol. The monoisotopic (exact) mass is 393 g/mol. The van der Waals surface area contributed by atoms with Crippen molar-refractivity contribution in [3.8, 4) is 0 Å². The second kappa shape index (κ2) is 4.40. The van der Waals surface area contributed by atoms with Crippen LogP contribution in [0.5, 0.6) is 0 Å². The van der Waals surface area contributed by atoms with Crippen molar-refractivity contribution < 1.29 is 13.9 Å². The van der Waals surface area contributed by atoms with Crippen LogP contribution in [0.3, 0.4) is 0 Å². The number of hydrogen-bond donors (Lipinski definition) is 0. The second-order valence-corrected chi connectivity index (χ2v) is 3.75.